The summed E-state index contributed by atoms with van der Waals surface area (Å²) in [5.41, 5.74) is 0.517. The summed E-state index contributed by atoms with van der Waals surface area (Å²) in [6.07, 6.45) is 32.9. The molecule has 1 unspecified atom stereocenters. The van der Waals surface area contributed by atoms with Crippen LogP contribution in [0.15, 0.2) is 12.2 Å². The van der Waals surface area contributed by atoms with Gasteiger partial charge in [-0.05, 0) is 25.7 Å². The predicted octanol–water partition coefficient (Wildman–Crippen LogP) is 11.1. The van der Waals surface area contributed by atoms with Gasteiger partial charge in [0, 0.05) is 5.57 Å². The zero-order valence-corrected chi connectivity index (χ0v) is 23.8. The van der Waals surface area contributed by atoms with Gasteiger partial charge in [-0.2, -0.15) is 0 Å². The molecule has 0 aliphatic carbocycles. The SMILES string of the molecule is C=C(C)C(=O)OCC(CCCCCCCCCCCC)CCCCCCCCCCCCCC. The van der Waals surface area contributed by atoms with Crippen LogP contribution in [0.4, 0.5) is 0 Å². The van der Waals surface area contributed by atoms with E-state index in [0.29, 0.717) is 18.1 Å². The minimum atomic E-state index is -0.220. The van der Waals surface area contributed by atoms with E-state index in [1.165, 1.54) is 154 Å². The number of carbonyl (C=O) groups is 1. The zero-order valence-electron chi connectivity index (χ0n) is 23.8. The number of rotatable bonds is 27. The molecule has 0 heterocycles. The van der Waals surface area contributed by atoms with Crippen molar-refractivity contribution < 1.29 is 9.53 Å². The highest BCUT2D eigenvalue weighted by Crippen LogP contribution is 2.21. The number of unbranched alkanes of at least 4 members (excludes halogenated alkanes) is 20. The maximum absolute atomic E-state index is 11.8. The van der Waals surface area contributed by atoms with Crippen LogP contribution in [0.2, 0.25) is 0 Å². The largest absolute Gasteiger partial charge is 0.462 e. The van der Waals surface area contributed by atoms with Crippen molar-refractivity contribution >= 4 is 5.97 Å². The van der Waals surface area contributed by atoms with Crippen LogP contribution >= 0.6 is 0 Å². The average molecular weight is 479 g/mol. The third kappa shape index (κ3) is 24.3. The van der Waals surface area contributed by atoms with Crippen LogP contribution in [0.1, 0.15) is 175 Å². The molecule has 202 valence electrons. The Morgan fingerprint density at radius 3 is 1.15 bits per heavy atom. The minimum absolute atomic E-state index is 0.220. The smallest absolute Gasteiger partial charge is 0.333 e. The lowest BCUT2D eigenvalue weighted by Gasteiger charge is -2.17. The topological polar surface area (TPSA) is 26.3 Å². The molecule has 2 nitrogen and oxygen atoms in total. The predicted molar refractivity (Wildman–Crippen MR) is 151 cm³/mol. The van der Waals surface area contributed by atoms with Crippen LogP contribution in [0, 0.1) is 5.92 Å². The van der Waals surface area contributed by atoms with Crippen LogP contribution in [0.25, 0.3) is 0 Å². The van der Waals surface area contributed by atoms with Crippen LogP contribution in [0.5, 0.6) is 0 Å². The molecule has 0 saturated heterocycles. The number of hydrogen-bond donors (Lipinski definition) is 0. The molecule has 34 heavy (non-hydrogen) atoms. The highest BCUT2D eigenvalue weighted by molar-refractivity contribution is 5.86. The van der Waals surface area contributed by atoms with E-state index in [0.717, 1.165) is 0 Å². The van der Waals surface area contributed by atoms with Gasteiger partial charge in [0.05, 0.1) is 6.61 Å². The van der Waals surface area contributed by atoms with Crippen molar-refractivity contribution in [3.8, 4) is 0 Å². The number of hydrogen-bond acceptors (Lipinski definition) is 2. The Hall–Kier alpha value is -0.790. The molecule has 0 spiro atoms. The molecule has 0 aromatic carbocycles. The highest BCUT2D eigenvalue weighted by Gasteiger charge is 2.12. The summed E-state index contributed by atoms with van der Waals surface area (Å²) in [6.45, 7) is 10.6. The number of ether oxygens (including phenoxy) is 1. The zero-order chi connectivity index (χ0) is 25.1. The lowest BCUT2D eigenvalue weighted by Crippen LogP contribution is -2.15. The van der Waals surface area contributed by atoms with Gasteiger partial charge in [-0.25, -0.2) is 4.79 Å². The first-order chi connectivity index (χ1) is 16.6. The van der Waals surface area contributed by atoms with Crippen molar-refractivity contribution in [3.63, 3.8) is 0 Å². The van der Waals surface area contributed by atoms with Crippen molar-refractivity contribution in [2.24, 2.45) is 5.92 Å². The van der Waals surface area contributed by atoms with E-state index in [4.69, 9.17) is 4.74 Å². The van der Waals surface area contributed by atoms with Crippen molar-refractivity contribution in [3.05, 3.63) is 12.2 Å². The Morgan fingerprint density at radius 1 is 0.559 bits per heavy atom. The van der Waals surface area contributed by atoms with Gasteiger partial charge in [0.2, 0.25) is 0 Å². The monoisotopic (exact) mass is 478 g/mol. The average Bonchev–Trinajstić information content (AvgIpc) is 2.83. The molecule has 0 saturated carbocycles. The molecule has 0 rings (SSSR count). The normalized spacial score (nSPS) is 12.1. The summed E-state index contributed by atoms with van der Waals surface area (Å²) in [5.74, 6) is 0.309. The van der Waals surface area contributed by atoms with E-state index < -0.39 is 0 Å². The van der Waals surface area contributed by atoms with Crippen LogP contribution < -0.4 is 0 Å². The Kier molecular flexibility index (Phi) is 26.2. The standard InChI is InChI=1S/C32H62O2/c1-5-7-9-11-13-15-17-18-20-22-24-26-28-31(29-34-32(33)30(3)4)27-25-23-21-19-16-14-12-10-8-6-2/h31H,3,5-29H2,1-2,4H3. The van der Waals surface area contributed by atoms with Gasteiger partial charge in [-0.1, -0.05) is 162 Å². The van der Waals surface area contributed by atoms with Crippen molar-refractivity contribution in [1.82, 2.24) is 0 Å². The fraction of sp³-hybridized carbons (Fsp3) is 0.906. The minimum Gasteiger partial charge on any atom is -0.462 e. The molecular weight excluding hydrogens is 416 g/mol. The molecule has 2 heteroatoms. The van der Waals surface area contributed by atoms with Gasteiger partial charge in [0.1, 0.15) is 0 Å². The van der Waals surface area contributed by atoms with Gasteiger partial charge < -0.3 is 4.74 Å². The quantitative estimate of drug-likeness (QED) is 0.0666. The second-order valence-corrected chi connectivity index (χ2v) is 10.9. The maximum Gasteiger partial charge on any atom is 0.333 e. The molecule has 1 atom stereocenters. The fourth-order valence-electron chi connectivity index (χ4n) is 4.82. The maximum atomic E-state index is 11.8. The van der Waals surface area contributed by atoms with Gasteiger partial charge in [0.15, 0.2) is 0 Å². The van der Waals surface area contributed by atoms with Crippen LogP contribution in [0.3, 0.4) is 0 Å². The summed E-state index contributed by atoms with van der Waals surface area (Å²) in [6, 6.07) is 0. The van der Waals surface area contributed by atoms with E-state index in [1.54, 1.807) is 6.92 Å². The molecule has 0 aromatic rings. The first-order valence-corrected chi connectivity index (χ1v) is 15.4. The summed E-state index contributed by atoms with van der Waals surface area (Å²) < 4.78 is 5.53. The third-order valence-electron chi connectivity index (χ3n) is 7.23. The Labute approximate surface area is 215 Å². The molecule has 0 aromatic heterocycles. The van der Waals surface area contributed by atoms with Gasteiger partial charge >= 0.3 is 5.97 Å². The van der Waals surface area contributed by atoms with Crippen molar-refractivity contribution in [1.29, 1.82) is 0 Å². The lowest BCUT2D eigenvalue weighted by atomic mass is 9.94. The number of esters is 1. The molecule has 0 amide bonds. The first kappa shape index (κ1) is 33.2. The molecule has 0 N–H and O–H groups in total. The third-order valence-corrected chi connectivity index (χ3v) is 7.23. The van der Waals surface area contributed by atoms with Crippen LogP contribution in [-0.4, -0.2) is 12.6 Å². The van der Waals surface area contributed by atoms with Gasteiger partial charge in [-0.3, -0.25) is 0 Å². The highest BCUT2D eigenvalue weighted by atomic mass is 16.5. The van der Waals surface area contributed by atoms with E-state index in [2.05, 4.69) is 20.4 Å². The van der Waals surface area contributed by atoms with Crippen molar-refractivity contribution in [2.75, 3.05) is 6.61 Å². The summed E-state index contributed by atoms with van der Waals surface area (Å²) >= 11 is 0. The molecule has 0 aliphatic rings. The second-order valence-electron chi connectivity index (χ2n) is 10.9. The number of carbonyl (C=O) groups excluding carboxylic acids is 1. The Bertz CT molecular complexity index is 442. The lowest BCUT2D eigenvalue weighted by molar-refractivity contribution is -0.140. The molecule has 0 aliphatic heterocycles. The second kappa shape index (κ2) is 26.8. The molecule has 0 bridgehead atoms. The first-order valence-electron chi connectivity index (χ1n) is 15.4. The van der Waals surface area contributed by atoms with E-state index in [1.807, 2.05) is 0 Å². The summed E-state index contributed by atoms with van der Waals surface area (Å²) in [5, 5.41) is 0. The molecule has 0 fully saturated rings. The molecular formula is C32H62O2. The summed E-state index contributed by atoms with van der Waals surface area (Å²) in [4.78, 5) is 11.8. The Morgan fingerprint density at radius 2 is 0.853 bits per heavy atom. The fourth-order valence-corrected chi connectivity index (χ4v) is 4.82. The Balaban J connectivity index is 3.83. The summed E-state index contributed by atoms with van der Waals surface area (Å²) in [7, 11) is 0. The van der Waals surface area contributed by atoms with Gasteiger partial charge in [-0.15, -0.1) is 0 Å². The van der Waals surface area contributed by atoms with Crippen LogP contribution in [-0.2, 0) is 9.53 Å². The van der Waals surface area contributed by atoms with E-state index in [9.17, 15) is 4.79 Å². The van der Waals surface area contributed by atoms with E-state index >= 15 is 0 Å². The van der Waals surface area contributed by atoms with Gasteiger partial charge in [0.25, 0.3) is 0 Å². The van der Waals surface area contributed by atoms with Crippen molar-refractivity contribution in [2.45, 2.75) is 175 Å². The molecule has 0 radical (unpaired) electrons. The van der Waals surface area contributed by atoms with E-state index in [-0.39, 0.29) is 5.97 Å².